The second-order valence-corrected chi connectivity index (χ2v) is 5.23. The van der Waals surface area contributed by atoms with Crippen LogP contribution in [-0.4, -0.2) is 43.9 Å². The predicted octanol–water partition coefficient (Wildman–Crippen LogP) is 1.21. The molecule has 2 aliphatic rings. The number of ether oxygens (including phenoxy) is 1. The first kappa shape index (κ1) is 14.6. The third kappa shape index (κ3) is 2.72. The summed E-state index contributed by atoms with van der Waals surface area (Å²) in [4.78, 5) is 12.0. The Bertz CT molecular complexity index is 334. The van der Waals surface area contributed by atoms with E-state index in [-0.39, 0.29) is 31.7 Å². The van der Waals surface area contributed by atoms with Crippen LogP contribution in [0.1, 0.15) is 26.2 Å². The van der Waals surface area contributed by atoms with Gasteiger partial charge in [0, 0.05) is 19.2 Å². The van der Waals surface area contributed by atoms with E-state index in [0.717, 1.165) is 0 Å². The molecule has 1 saturated carbocycles. The first-order valence-electron chi connectivity index (χ1n) is 6.59. The average Bonchev–Trinajstić information content (AvgIpc) is 2.75. The smallest absolute Gasteiger partial charge is 0.378 e. The molecule has 1 aliphatic carbocycles. The maximum absolute atomic E-state index is 13.1. The number of halogens is 3. The van der Waals surface area contributed by atoms with E-state index in [1.165, 1.54) is 0 Å². The van der Waals surface area contributed by atoms with Crippen LogP contribution in [0.25, 0.3) is 0 Å². The molecule has 4 nitrogen and oxygen atoms in total. The fourth-order valence-electron chi connectivity index (χ4n) is 2.64. The molecule has 1 heterocycles. The van der Waals surface area contributed by atoms with Crippen molar-refractivity contribution in [1.82, 2.24) is 10.6 Å². The van der Waals surface area contributed by atoms with Gasteiger partial charge in [-0.15, -0.1) is 0 Å². The predicted molar refractivity (Wildman–Crippen MR) is 62.6 cm³/mol. The van der Waals surface area contributed by atoms with Gasteiger partial charge in [-0.05, 0) is 32.7 Å². The van der Waals surface area contributed by atoms with E-state index in [1.807, 2.05) is 6.92 Å². The Morgan fingerprint density at radius 2 is 2.16 bits per heavy atom. The first-order chi connectivity index (χ1) is 8.89. The lowest BCUT2D eigenvalue weighted by molar-refractivity contribution is -0.216. The Hall–Kier alpha value is -0.820. The number of amides is 1. The van der Waals surface area contributed by atoms with Crippen molar-refractivity contribution in [2.24, 2.45) is 5.41 Å². The lowest BCUT2D eigenvalue weighted by Crippen LogP contribution is -2.57. The molecule has 110 valence electrons. The third-order valence-electron chi connectivity index (χ3n) is 3.97. The fraction of sp³-hybridized carbons (Fsp3) is 0.917. The summed E-state index contributed by atoms with van der Waals surface area (Å²) >= 11 is 0. The molecule has 19 heavy (non-hydrogen) atoms. The molecule has 0 aromatic rings. The van der Waals surface area contributed by atoms with E-state index >= 15 is 0 Å². The van der Waals surface area contributed by atoms with E-state index in [2.05, 4.69) is 10.6 Å². The van der Waals surface area contributed by atoms with E-state index in [0.29, 0.717) is 19.4 Å². The largest absolute Gasteiger partial charge is 0.404 e. The zero-order valence-corrected chi connectivity index (χ0v) is 10.8. The molecule has 1 atom stereocenters. The molecule has 1 saturated heterocycles. The molecule has 0 aromatic heterocycles. The van der Waals surface area contributed by atoms with E-state index < -0.39 is 17.5 Å². The van der Waals surface area contributed by atoms with Crippen molar-refractivity contribution in [2.45, 2.75) is 44.5 Å². The van der Waals surface area contributed by atoms with Gasteiger partial charge in [0.2, 0.25) is 5.91 Å². The Morgan fingerprint density at radius 1 is 1.47 bits per heavy atom. The third-order valence-corrected chi connectivity index (χ3v) is 3.97. The van der Waals surface area contributed by atoms with Crippen LogP contribution in [-0.2, 0) is 9.53 Å². The molecule has 1 aliphatic heterocycles. The average molecular weight is 280 g/mol. The molecule has 7 heteroatoms. The van der Waals surface area contributed by atoms with E-state index in [4.69, 9.17) is 4.74 Å². The van der Waals surface area contributed by atoms with Gasteiger partial charge in [-0.25, -0.2) is 0 Å². The SMILES string of the molecule is CCOC1CC(NC(=O)C2(C(F)(F)F)CCNC2)C1. The number of hydrogen-bond acceptors (Lipinski definition) is 3. The van der Waals surface area contributed by atoms with Gasteiger partial charge in [0.1, 0.15) is 0 Å². The highest BCUT2D eigenvalue weighted by Gasteiger charge is 2.61. The molecule has 0 radical (unpaired) electrons. The summed E-state index contributed by atoms with van der Waals surface area (Å²) in [6.45, 7) is 2.35. The van der Waals surface area contributed by atoms with Crippen molar-refractivity contribution in [3.63, 3.8) is 0 Å². The lowest BCUT2D eigenvalue weighted by Gasteiger charge is -2.38. The van der Waals surface area contributed by atoms with Crippen molar-refractivity contribution in [3.8, 4) is 0 Å². The summed E-state index contributed by atoms with van der Waals surface area (Å²) < 4.78 is 44.7. The summed E-state index contributed by atoms with van der Waals surface area (Å²) in [7, 11) is 0. The zero-order valence-electron chi connectivity index (χ0n) is 10.8. The topological polar surface area (TPSA) is 50.4 Å². The molecule has 2 fully saturated rings. The summed E-state index contributed by atoms with van der Waals surface area (Å²) in [6.07, 6.45) is -3.44. The maximum atomic E-state index is 13.1. The summed E-state index contributed by atoms with van der Waals surface area (Å²) in [5, 5.41) is 5.15. The zero-order chi connectivity index (χ0) is 14.1. The van der Waals surface area contributed by atoms with Gasteiger partial charge >= 0.3 is 6.18 Å². The van der Waals surface area contributed by atoms with Crippen LogP contribution in [0, 0.1) is 5.41 Å². The number of hydrogen-bond donors (Lipinski definition) is 2. The Labute approximate surface area is 110 Å². The Kier molecular flexibility index (Phi) is 4.06. The van der Waals surface area contributed by atoms with E-state index in [1.54, 1.807) is 0 Å². The van der Waals surface area contributed by atoms with Crippen molar-refractivity contribution in [3.05, 3.63) is 0 Å². The van der Waals surface area contributed by atoms with Crippen molar-refractivity contribution in [1.29, 1.82) is 0 Å². The normalized spacial score (nSPS) is 34.9. The second kappa shape index (κ2) is 5.28. The van der Waals surface area contributed by atoms with Crippen molar-refractivity contribution < 1.29 is 22.7 Å². The van der Waals surface area contributed by atoms with Crippen molar-refractivity contribution >= 4 is 5.91 Å². The molecule has 2 rings (SSSR count). The highest BCUT2D eigenvalue weighted by molar-refractivity contribution is 5.84. The Balaban J connectivity index is 1.92. The van der Waals surface area contributed by atoms with Crippen LogP contribution in [0.2, 0.25) is 0 Å². The van der Waals surface area contributed by atoms with Crippen LogP contribution < -0.4 is 10.6 Å². The number of alkyl halides is 3. The molecular formula is C12H19F3N2O2. The maximum Gasteiger partial charge on any atom is 0.404 e. The number of carbonyl (C=O) groups excluding carboxylic acids is 1. The molecule has 0 bridgehead atoms. The van der Waals surface area contributed by atoms with Crippen LogP contribution in [0.4, 0.5) is 13.2 Å². The van der Waals surface area contributed by atoms with Gasteiger partial charge in [-0.3, -0.25) is 4.79 Å². The van der Waals surface area contributed by atoms with Crippen LogP contribution in [0.15, 0.2) is 0 Å². The summed E-state index contributed by atoms with van der Waals surface area (Å²) in [6, 6.07) is -0.191. The quantitative estimate of drug-likeness (QED) is 0.814. The van der Waals surface area contributed by atoms with Gasteiger partial charge in [-0.1, -0.05) is 0 Å². The molecular weight excluding hydrogens is 261 g/mol. The highest BCUT2D eigenvalue weighted by atomic mass is 19.4. The van der Waals surface area contributed by atoms with Crippen LogP contribution in [0.5, 0.6) is 0 Å². The molecule has 2 N–H and O–H groups in total. The summed E-state index contributed by atoms with van der Waals surface area (Å²) in [5.74, 6) is -0.898. The fourth-order valence-corrected chi connectivity index (χ4v) is 2.64. The Morgan fingerprint density at radius 3 is 2.63 bits per heavy atom. The first-order valence-corrected chi connectivity index (χ1v) is 6.59. The minimum atomic E-state index is -4.51. The van der Waals surface area contributed by atoms with Gasteiger partial charge < -0.3 is 15.4 Å². The van der Waals surface area contributed by atoms with Gasteiger partial charge in [0.25, 0.3) is 0 Å². The van der Waals surface area contributed by atoms with Crippen LogP contribution in [0.3, 0.4) is 0 Å². The van der Waals surface area contributed by atoms with E-state index in [9.17, 15) is 18.0 Å². The summed E-state index contributed by atoms with van der Waals surface area (Å²) in [5.41, 5.74) is -2.26. The molecule has 1 unspecified atom stereocenters. The van der Waals surface area contributed by atoms with Gasteiger partial charge in [0.15, 0.2) is 5.41 Å². The van der Waals surface area contributed by atoms with Crippen molar-refractivity contribution in [2.75, 3.05) is 19.7 Å². The van der Waals surface area contributed by atoms with Gasteiger partial charge in [0.05, 0.1) is 6.10 Å². The van der Waals surface area contributed by atoms with Crippen LogP contribution >= 0.6 is 0 Å². The monoisotopic (exact) mass is 280 g/mol. The number of nitrogens with one attached hydrogen (secondary N) is 2. The minimum Gasteiger partial charge on any atom is -0.378 e. The minimum absolute atomic E-state index is 0.0684. The molecule has 1 amide bonds. The molecule has 0 aromatic carbocycles. The highest BCUT2D eigenvalue weighted by Crippen LogP contribution is 2.43. The number of rotatable bonds is 4. The second-order valence-electron chi connectivity index (χ2n) is 5.23. The molecule has 0 spiro atoms. The standard InChI is InChI=1S/C12H19F3N2O2/c1-2-19-9-5-8(6-9)17-10(18)11(12(13,14)15)3-4-16-7-11/h8-9,16H,2-7H2,1H3,(H,17,18). The number of carbonyl (C=O) groups is 1. The van der Waals surface area contributed by atoms with Gasteiger partial charge in [-0.2, -0.15) is 13.2 Å². The lowest BCUT2D eigenvalue weighted by atomic mass is 9.82.